The molecular weight excluding hydrogens is 274 g/mol. The van der Waals surface area contributed by atoms with Crippen molar-refractivity contribution in [1.29, 1.82) is 0 Å². The van der Waals surface area contributed by atoms with Crippen molar-refractivity contribution in [1.82, 2.24) is 4.90 Å². The van der Waals surface area contributed by atoms with Gasteiger partial charge in [-0.2, -0.15) is 0 Å². The van der Waals surface area contributed by atoms with E-state index < -0.39 is 0 Å². The van der Waals surface area contributed by atoms with E-state index in [1.807, 2.05) is 32.2 Å². The summed E-state index contributed by atoms with van der Waals surface area (Å²) in [7, 11) is 0. The smallest absolute Gasteiger partial charge is 0.136 e. The van der Waals surface area contributed by atoms with Gasteiger partial charge < -0.3 is 14.6 Å². The number of carbonyl (C=O) groups is 1. The third-order valence-corrected chi connectivity index (χ3v) is 3.95. The van der Waals surface area contributed by atoms with Crippen LogP contribution in [0.4, 0.5) is 0 Å². The van der Waals surface area contributed by atoms with E-state index in [1.165, 1.54) is 4.90 Å². The Balaban J connectivity index is 0.000000200. The second-order valence-electron chi connectivity index (χ2n) is 4.68. The third kappa shape index (κ3) is 5.53. The molecule has 4 nitrogen and oxygen atoms in total. The number of morpholine rings is 1. The molecule has 1 aromatic rings. The summed E-state index contributed by atoms with van der Waals surface area (Å²) in [6, 6.07) is 5.66. The monoisotopic (exact) mass is 297 g/mol. The number of aromatic hydroxyl groups is 1. The van der Waals surface area contributed by atoms with Crippen LogP contribution in [0.15, 0.2) is 23.1 Å². The molecule has 0 amide bonds. The number of aryl methyl sites for hydroxylation is 1. The van der Waals surface area contributed by atoms with Gasteiger partial charge in [0.05, 0.1) is 19.3 Å². The lowest BCUT2D eigenvalue weighted by Crippen LogP contribution is -2.42. The standard InChI is InChI=1S/C8H10OS.C7H13NO2/c1-6-5-7(10-2)3-4-8(6)9;1-7(6-9)8-2-4-10-5-3-8/h3-5,9H,1-2H3;6-7H,2-5H2,1H3. The molecule has 0 saturated carbocycles. The van der Waals surface area contributed by atoms with Crippen molar-refractivity contribution < 1.29 is 14.6 Å². The molecule has 0 bridgehead atoms. The highest BCUT2D eigenvalue weighted by Crippen LogP contribution is 2.22. The number of ether oxygens (including phenoxy) is 1. The van der Waals surface area contributed by atoms with Crippen molar-refractivity contribution in [3.05, 3.63) is 23.8 Å². The molecule has 112 valence electrons. The zero-order valence-electron chi connectivity index (χ0n) is 12.3. The first-order chi connectivity index (χ1) is 9.58. The molecule has 1 fully saturated rings. The number of aldehydes is 1. The van der Waals surface area contributed by atoms with Crippen molar-refractivity contribution in [3.8, 4) is 5.75 Å². The number of hydrogen-bond acceptors (Lipinski definition) is 5. The highest BCUT2D eigenvalue weighted by molar-refractivity contribution is 7.98. The van der Waals surface area contributed by atoms with Crippen LogP contribution in [0.1, 0.15) is 12.5 Å². The molecule has 1 aliphatic heterocycles. The fourth-order valence-electron chi connectivity index (χ4n) is 1.83. The van der Waals surface area contributed by atoms with Gasteiger partial charge in [0.1, 0.15) is 12.0 Å². The lowest BCUT2D eigenvalue weighted by molar-refractivity contribution is -0.113. The molecule has 5 heteroatoms. The first-order valence-corrected chi connectivity index (χ1v) is 7.91. The maximum atomic E-state index is 10.3. The Labute approximate surface area is 125 Å². The summed E-state index contributed by atoms with van der Waals surface area (Å²) in [5.41, 5.74) is 0.937. The minimum Gasteiger partial charge on any atom is -0.508 e. The van der Waals surface area contributed by atoms with E-state index in [2.05, 4.69) is 4.90 Å². The molecule has 1 saturated heterocycles. The molecule has 1 unspecified atom stereocenters. The van der Waals surface area contributed by atoms with Crippen molar-refractivity contribution in [2.75, 3.05) is 32.6 Å². The van der Waals surface area contributed by atoms with Crippen LogP contribution in [0.2, 0.25) is 0 Å². The van der Waals surface area contributed by atoms with E-state index in [0.29, 0.717) is 5.75 Å². The van der Waals surface area contributed by atoms with Crippen LogP contribution in [0.3, 0.4) is 0 Å². The van der Waals surface area contributed by atoms with Crippen molar-refractivity contribution in [2.24, 2.45) is 0 Å². The van der Waals surface area contributed by atoms with Crippen molar-refractivity contribution in [3.63, 3.8) is 0 Å². The van der Waals surface area contributed by atoms with Crippen LogP contribution in [-0.4, -0.2) is 54.9 Å². The van der Waals surface area contributed by atoms with E-state index >= 15 is 0 Å². The molecule has 0 radical (unpaired) electrons. The van der Waals surface area contributed by atoms with E-state index in [9.17, 15) is 4.79 Å². The van der Waals surface area contributed by atoms with Crippen LogP contribution >= 0.6 is 11.8 Å². The molecule has 0 aromatic heterocycles. The molecule has 0 aliphatic carbocycles. The van der Waals surface area contributed by atoms with Crippen LogP contribution < -0.4 is 0 Å². The highest BCUT2D eigenvalue weighted by atomic mass is 32.2. The van der Waals surface area contributed by atoms with E-state index in [0.717, 1.165) is 38.2 Å². The summed E-state index contributed by atoms with van der Waals surface area (Å²) in [5.74, 6) is 0.373. The molecule has 1 aliphatic rings. The molecule has 1 aromatic carbocycles. The average molecular weight is 297 g/mol. The van der Waals surface area contributed by atoms with Crippen molar-refractivity contribution >= 4 is 18.0 Å². The van der Waals surface area contributed by atoms with Crippen LogP contribution in [0.5, 0.6) is 5.75 Å². The van der Waals surface area contributed by atoms with Gasteiger partial charge in [-0.1, -0.05) is 0 Å². The van der Waals surface area contributed by atoms with Gasteiger partial charge in [0, 0.05) is 18.0 Å². The summed E-state index contributed by atoms with van der Waals surface area (Å²) in [6.07, 6.45) is 3.00. The third-order valence-electron chi connectivity index (χ3n) is 3.22. The Hall–Kier alpha value is -1.04. The zero-order valence-corrected chi connectivity index (χ0v) is 13.2. The summed E-state index contributed by atoms with van der Waals surface area (Å²) < 4.78 is 5.14. The maximum absolute atomic E-state index is 10.3. The molecule has 1 N–H and O–H groups in total. The molecular formula is C15H23NO3S. The number of thioether (sulfide) groups is 1. The van der Waals surface area contributed by atoms with E-state index in [1.54, 1.807) is 17.8 Å². The van der Waals surface area contributed by atoms with Gasteiger partial charge in [0.2, 0.25) is 0 Å². The summed E-state index contributed by atoms with van der Waals surface area (Å²) in [5, 5.41) is 9.13. The lowest BCUT2D eigenvalue weighted by Gasteiger charge is -2.28. The second-order valence-corrected chi connectivity index (χ2v) is 5.56. The predicted octanol–water partition coefficient (Wildman–Crippen LogP) is 2.33. The first-order valence-electron chi connectivity index (χ1n) is 6.69. The van der Waals surface area contributed by atoms with Crippen LogP contribution in [0, 0.1) is 6.92 Å². The Bertz CT molecular complexity index is 420. The Morgan fingerprint density at radius 1 is 1.40 bits per heavy atom. The number of hydrogen-bond donors (Lipinski definition) is 1. The summed E-state index contributed by atoms with van der Waals surface area (Å²) >= 11 is 1.68. The van der Waals surface area contributed by atoms with E-state index in [-0.39, 0.29) is 6.04 Å². The van der Waals surface area contributed by atoms with Crippen LogP contribution in [-0.2, 0) is 9.53 Å². The highest BCUT2D eigenvalue weighted by Gasteiger charge is 2.15. The molecule has 0 spiro atoms. The normalized spacial score (nSPS) is 16.9. The second kappa shape index (κ2) is 9.00. The largest absolute Gasteiger partial charge is 0.508 e. The Morgan fingerprint density at radius 3 is 2.55 bits per heavy atom. The first kappa shape index (κ1) is 17.0. The number of nitrogens with zero attached hydrogens (tertiary/aromatic N) is 1. The number of phenols is 1. The number of carbonyl (C=O) groups excluding carboxylic acids is 1. The van der Waals surface area contributed by atoms with Gasteiger partial charge in [-0.25, -0.2) is 0 Å². The SMILES string of the molecule is CC(C=O)N1CCOCC1.CSc1ccc(O)c(C)c1. The summed E-state index contributed by atoms with van der Waals surface area (Å²) in [6.45, 7) is 7.11. The molecule has 1 atom stereocenters. The molecule has 20 heavy (non-hydrogen) atoms. The fourth-order valence-corrected chi connectivity index (χ4v) is 2.32. The minimum atomic E-state index is 0.0592. The van der Waals surface area contributed by atoms with Gasteiger partial charge in [-0.3, -0.25) is 4.90 Å². The van der Waals surface area contributed by atoms with Gasteiger partial charge in [0.25, 0.3) is 0 Å². The van der Waals surface area contributed by atoms with Gasteiger partial charge in [0.15, 0.2) is 0 Å². The van der Waals surface area contributed by atoms with Crippen LogP contribution in [0.25, 0.3) is 0 Å². The quantitative estimate of drug-likeness (QED) is 0.685. The zero-order chi connectivity index (χ0) is 15.0. The average Bonchev–Trinajstić information content (AvgIpc) is 2.50. The van der Waals surface area contributed by atoms with Gasteiger partial charge >= 0.3 is 0 Å². The Morgan fingerprint density at radius 2 is 2.05 bits per heavy atom. The molecule has 1 heterocycles. The minimum absolute atomic E-state index is 0.0592. The lowest BCUT2D eigenvalue weighted by atomic mass is 10.2. The fraction of sp³-hybridized carbons (Fsp3) is 0.533. The van der Waals surface area contributed by atoms with E-state index in [4.69, 9.17) is 9.84 Å². The Kier molecular flexibility index (Phi) is 7.65. The van der Waals surface area contributed by atoms with Gasteiger partial charge in [-0.05, 0) is 43.9 Å². The maximum Gasteiger partial charge on any atom is 0.136 e. The number of rotatable bonds is 3. The number of phenolic OH excluding ortho intramolecular Hbond substituents is 1. The number of benzene rings is 1. The topological polar surface area (TPSA) is 49.8 Å². The molecule has 2 rings (SSSR count). The summed E-state index contributed by atoms with van der Waals surface area (Å²) in [4.78, 5) is 13.6. The van der Waals surface area contributed by atoms with Gasteiger partial charge in [-0.15, -0.1) is 11.8 Å². The van der Waals surface area contributed by atoms with Crippen molar-refractivity contribution in [2.45, 2.75) is 24.8 Å². The predicted molar refractivity (Wildman–Crippen MR) is 82.5 cm³/mol.